The average Bonchev–Trinajstić information content (AvgIpc) is 1.88. The van der Waals surface area contributed by atoms with Gasteiger partial charge in [-0.05, 0) is 11.0 Å². The fourth-order valence-electron chi connectivity index (χ4n) is 0.567. The van der Waals surface area contributed by atoms with Gasteiger partial charge in [-0.15, -0.1) is 0 Å². The third-order valence-electron chi connectivity index (χ3n) is 1.01. The van der Waals surface area contributed by atoms with Gasteiger partial charge < -0.3 is 9.94 Å². The van der Waals surface area contributed by atoms with Gasteiger partial charge >= 0.3 is 6.23 Å². The van der Waals surface area contributed by atoms with Crippen molar-refractivity contribution in [3.05, 3.63) is 29.7 Å². The molecule has 0 aromatic carbocycles. The first-order valence-electron chi connectivity index (χ1n) is 2.65. The Hall–Kier alpha value is -0.880. The summed E-state index contributed by atoms with van der Waals surface area (Å²) in [6, 6.07) is 0. The molecular formula is C5H7NO4. The quantitative estimate of drug-likeness (QED) is 0.416. The summed E-state index contributed by atoms with van der Waals surface area (Å²) in [5.41, 5.74) is 0. The maximum absolute atomic E-state index is 10.3. The minimum atomic E-state index is -2.44. The molecule has 1 atom stereocenters. The van der Waals surface area contributed by atoms with Crippen LogP contribution in [-0.4, -0.2) is 21.6 Å². The fourth-order valence-corrected chi connectivity index (χ4v) is 0.567. The summed E-state index contributed by atoms with van der Waals surface area (Å²) in [4.78, 5) is -2.44. The van der Waals surface area contributed by atoms with Crippen LogP contribution in [0.2, 0.25) is 0 Å². The van der Waals surface area contributed by atoms with E-state index in [1.165, 1.54) is 24.5 Å². The topological polar surface area (TPSA) is 72.8 Å². The number of hydrogen-bond acceptors (Lipinski definition) is 4. The summed E-state index contributed by atoms with van der Waals surface area (Å²) in [5.74, 6) is 0. The van der Waals surface area contributed by atoms with Crippen molar-refractivity contribution in [3.63, 3.8) is 0 Å². The molecule has 0 saturated heterocycles. The van der Waals surface area contributed by atoms with E-state index >= 15 is 0 Å². The van der Waals surface area contributed by atoms with E-state index in [0.717, 1.165) is 0 Å². The van der Waals surface area contributed by atoms with Crippen molar-refractivity contribution in [2.24, 2.45) is 0 Å². The van der Waals surface area contributed by atoms with Crippen LogP contribution in [0.5, 0.6) is 0 Å². The first-order valence-corrected chi connectivity index (χ1v) is 2.65. The Morgan fingerprint density at radius 2 is 2.10 bits per heavy atom. The van der Waals surface area contributed by atoms with E-state index in [4.69, 9.17) is 10.4 Å². The maximum atomic E-state index is 10.3. The van der Waals surface area contributed by atoms with Gasteiger partial charge in [-0.2, -0.15) is 10.4 Å². The number of hydrogen-bond donors (Lipinski definition) is 2. The van der Waals surface area contributed by atoms with E-state index in [0.29, 0.717) is 0 Å². The molecule has 0 aromatic rings. The van der Waals surface area contributed by atoms with Crippen molar-refractivity contribution < 1.29 is 20.1 Å². The van der Waals surface area contributed by atoms with E-state index in [9.17, 15) is 5.21 Å². The molecule has 0 amide bonds. The van der Waals surface area contributed by atoms with Crippen LogP contribution in [0.3, 0.4) is 0 Å². The lowest BCUT2D eigenvalue weighted by Gasteiger charge is -2.29. The second-order valence-electron chi connectivity index (χ2n) is 1.83. The van der Waals surface area contributed by atoms with Crippen LogP contribution in [0, 0.1) is 5.21 Å². The third kappa shape index (κ3) is 1.55. The summed E-state index contributed by atoms with van der Waals surface area (Å²) >= 11 is 0. The summed E-state index contributed by atoms with van der Waals surface area (Å²) in [7, 11) is 0. The number of allylic oxidation sites excluding steroid dienone is 2. The summed E-state index contributed by atoms with van der Waals surface area (Å²) in [6.07, 6.45) is 4.21. The highest BCUT2D eigenvalue weighted by atomic mass is 17.1. The van der Waals surface area contributed by atoms with E-state index in [-0.39, 0.29) is 0 Å². The lowest BCUT2D eigenvalue weighted by molar-refractivity contribution is -1.23. The second kappa shape index (κ2) is 2.39. The van der Waals surface area contributed by atoms with Gasteiger partial charge in [0.1, 0.15) is 0 Å². The van der Waals surface area contributed by atoms with Gasteiger partial charge in [0.15, 0.2) is 0 Å². The highest BCUT2D eigenvalue weighted by Gasteiger charge is 2.25. The van der Waals surface area contributed by atoms with Gasteiger partial charge in [-0.25, -0.2) is 0 Å². The summed E-state index contributed by atoms with van der Waals surface area (Å²) in [6.45, 7) is 0. The Bertz CT molecular complexity index is 169. The Morgan fingerprint density at radius 3 is 2.40 bits per heavy atom. The number of ether oxygens (including phenoxy) is 1. The molecule has 1 rings (SSSR count). The van der Waals surface area contributed by atoms with Crippen LogP contribution in [0.4, 0.5) is 0 Å². The highest BCUT2D eigenvalue weighted by Crippen LogP contribution is 2.10. The predicted octanol–water partition coefficient (Wildman–Crippen LogP) is 0.506. The van der Waals surface area contributed by atoms with E-state index in [1.807, 2.05) is 0 Å². The van der Waals surface area contributed by atoms with Gasteiger partial charge in [0.2, 0.25) is 0 Å². The number of quaternary nitrogens is 1. The maximum Gasteiger partial charge on any atom is 0.313 e. The first-order chi connectivity index (χ1) is 4.61. The van der Waals surface area contributed by atoms with E-state index in [1.54, 1.807) is 0 Å². The van der Waals surface area contributed by atoms with Crippen LogP contribution in [0.15, 0.2) is 24.5 Å². The molecule has 1 aliphatic rings. The zero-order valence-corrected chi connectivity index (χ0v) is 5.04. The average molecular weight is 145 g/mol. The Labute approximate surface area is 57.1 Å². The van der Waals surface area contributed by atoms with Crippen molar-refractivity contribution >= 4 is 0 Å². The molecule has 1 heterocycles. The van der Waals surface area contributed by atoms with E-state index in [2.05, 4.69) is 4.74 Å². The van der Waals surface area contributed by atoms with Crippen molar-refractivity contribution in [1.29, 1.82) is 0 Å². The standard InChI is InChI=1S/C5H7NO4/c7-6(8,9)5-3-1-2-4-10-5/h1-5,7-8H. The molecular weight excluding hydrogens is 138 g/mol. The van der Waals surface area contributed by atoms with Gasteiger partial charge in [0.05, 0.1) is 6.26 Å². The molecule has 0 bridgehead atoms. The van der Waals surface area contributed by atoms with Crippen LogP contribution < -0.4 is 0 Å². The van der Waals surface area contributed by atoms with Crippen LogP contribution in [0.25, 0.3) is 0 Å². The third-order valence-corrected chi connectivity index (χ3v) is 1.01. The Kier molecular flexibility index (Phi) is 1.73. The zero-order valence-electron chi connectivity index (χ0n) is 5.04. The Balaban J connectivity index is 2.60. The molecule has 0 saturated carbocycles. The minimum absolute atomic E-state index is 1.21. The lowest BCUT2D eigenvalue weighted by atomic mass is 10.4. The molecule has 0 radical (unpaired) electrons. The molecule has 5 nitrogen and oxygen atoms in total. The van der Waals surface area contributed by atoms with Gasteiger partial charge in [0.25, 0.3) is 0 Å². The highest BCUT2D eigenvalue weighted by molar-refractivity contribution is 5.04. The molecule has 1 unspecified atom stereocenters. The van der Waals surface area contributed by atoms with Crippen molar-refractivity contribution in [2.75, 3.05) is 0 Å². The number of hydroxylamine groups is 3. The predicted molar refractivity (Wildman–Crippen MR) is 30.4 cm³/mol. The van der Waals surface area contributed by atoms with Gasteiger partial charge in [-0.1, -0.05) is 6.08 Å². The first kappa shape index (κ1) is 7.23. The molecule has 5 heteroatoms. The zero-order chi connectivity index (χ0) is 7.61. The Morgan fingerprint density at radius 1 is 1.40 bits per heavy atom. The SMILES string of the molecule is [O-][N+](O)(O)C1C=CC=CO1. The molecule has 0 spiro atoms. The van der Waals surface area contributed by atoms with Crippen LogP contribution in [0.1, 0.15) is 0 Å². The monoisotopic (exact) mass is 145 g/mol. The number of rotatable bonds is 1. The smallest absolute Gasteiger partial charge is 0.313 e. The molecule has 56 valence electrons. The van der Waals surface area contributed by atoms with Crippen LogP contribution >= 0.6 is 0 Å². The normalized spacial score (nSPS) is 24.5. The van der Waals surface area contributed by atoms with Crippen molar-refractivity contribution in [3.8, 4) is 0 Å². The van der Waals surface area contributed by atoms with Gasteiger partial charge in [0, 0.05) is 6.08 Å². The van der Waals surface area contributed by atoms with E-state index < -0.39 is 11.2 Å². The molecule has 0 fully saturated rings. The minimum Gasteiger partial charge on any atom is -0.561 e. The van der Waals surface area contributed by atoms with Gasteiger partial charge in [-0.3, -0.25) is 0 Å². The largest absolute Gasteiger partial charge is 0.561 e. The molecule has 2 N–H and O–H groups in total. The van der Waals surface area contributed by atoms with Crippen molar-refractivity contribution in [1.82, 2.24) is 0 Å². The lowest BCUT2D eigenvalue weighted by Crippen LogP contribution is -2.44. The van der Waals surface area contributed by atoms with Crippen molar-refractivity contribution in [2.45, 2.75) is 6.23 Å². The van der Waals surface area contributed by atoms with Crippen LogP contribution in [-0.2, 0) is 4.74 Å². The molecule has 1 aliphatic heterocycles. The molecule has 10 heavy (non-hydrogen) atoms. The number of nitrogens with zero attached hydrogens (tertiary/aromatic N) is 1. The summed E-state index contributed by atoms with van der Waals surface area (Å²) < 4.78 is 4.53. The summed E-state index contributed by atoms with van der Waals surface area (Å²) in [5, 5.41) is 27.0. The second-order valence-corrected chi connectivity index (χ2v) is 1.83. The fraction of sp³-hybridized carbons (Fsp3) is 0.200. The molecule has 0 aromatic heterocycles. The molecule has 0 aliphatic carbocycles.